The number of thiophene rings is 1. The number of aryl methyl sites for hydroxylation is 1. The summed E-state index contributed by atoms with van der Waals surface area (Å²) in [6.45, 7) is 1.98. The largest absolute Gasteiger partial charge is 0.418 e. The Kier molecular flexibility index (Phi) is 4.00. The number of nitrogens with zero attached hydrogens (tertiary/aromatic N) is 2. The number of benzene rings is 1. The van der Waals surface area contributed by atoms with Gasteiger partial charge in [-0.25, -0.2) is 4.79 Å². The number of primary amides is 1. The van der Waals surface area contributed by atoms with E-state index in [9.17, 15) is 18.0 Å². The Morgan fingerprint density at radius 1 is 1.37 bits per heavy atom. The standard InChI is InChI=1S/C16H15N3O6S2/c1-8-4-2-3-5-9(8)12-6-10-11-7-18(13(15(17)20)14(10)26-12)16(21)19(11)25-27(22,23)24/h2-6,11,13H,7H2,1H3,(H2,17,20)(H,22,23,24)/t11-,13?/m1/s1. The third-order valence-electron chi connectivity index (χ3n) is 4.65. The van der Waals surface area contributed by atoms with E-state index in [-0.39, 0.29) is 6.54 Å². The van der Waals surface area contributed by atoms with Crippen LogP contribution in [-0.4, -0.2) is 41.4 Å². The minimum Gasteiger partial charge on any atom is -0.368 e. The molecule has 0 spiro atoms. The van der Waals surface area contributed by atoms with E-state index in [1.807, 2.05) is 31.2 Å². The van der Waals surface area contributed by atoms with Gasteiger partial charge in [0, 0.05) is 9.75 Å². The van der Waals surface area contributed by atoms with Gasteiger partial charge in [0.25, 0.3) is 0 Å². The summed E-state index contributed by atoms with van der Waals surface area (Å²) < 4.78 is 35.8. The Hall–Kier alpha value is -2.47. The summed E-state index contributed by atoms with van der Waals surface area (Å²) in [6, 6.07) is 6.84. The molecule has 1 aromatic heterocycles. The Balaban J connectivity index is 1.86. The fourth-order valence-electron chi connectivity index (χ4n) is 3.52. The van der Waals surface area contributed by atoms with Crippen molar-refractivity contribution >= 4 is 33.7 Å². The normalized spacial score (nSPS) is 21.5. The van der Waals surface area contributed by atoms with Crippen molar-refractivity contribution in [1.82, 2.24) is 9.96 Å². The molecule has 1 unspecified atom stereocenters. The van der Waals surface area contributed by atoms with Crippen LogP contribution in [0.4, 0.5) is 4.79 Å². The highest BCUT2D eigenvalue weighted by Crippen LogP contribution is 2.49. The summed E-state index contributed by atoms with van der Waals surface area (Å²) in [5.74, 6) is -0.727. The Bertz CT molecular complexity index is 1060. The summed E-state index contributed by atoms with van der Waals surface area (Å²) in [5.41, 5.74) is 8.09. The molecule has 0 radical (unpaired) electrons. The molecule has 3 N–H and O–H groups in total. The first-order valence-corrected chi connectivity index (χ1v) is 10.1. The van der Waals surface area contributed by atoms with Gasteiger partial charge in [-0.3, -0.25) is 9.35 Å². The molecule has 27 heavy (non-hydrogen) atoms. The fraction of sp³-hybridized carbons (Fsp3) is 0.250. The molecule has 2 bridgehead atoms. The van der Waals surface area contributed by atoms with E-state index < -0.39 is 34.4 Å². The molecule has 2 aliphatic heterocycles. The van der Waals surface area contributed by atoms with Crippen molar-refractivity contribution in [3.05, 3.63) is 46.3 Å². The average Bonchev–Trinajstić information content (AvgIpc) is 3.11. The first-order chi connectivity index (χ1) is 12.7. The molecule has 1 fully saturated rings. The first kappa shape index (κ1) is 17.9. The maximum absolute atomic E-state index is 12.5. The van der Waals surface area contributed by atoms with Crippen LogP contribution in [0.1, 0.15) is 28.1 Å². The van der Waals surface area contributed by atoms with E-state index >= 15 is 0 Å². The first-order valence-electron chi connectivity index (χ1n) is 7.93. The number of hydrogen-bond acceptors (Lipinski definition) is 6. The zero-order valence-electron chi connectivity index (χ0n) is 14.0. The summed E-state index contributed by atoms with van der Waals surface area (Å²) in [7, 11) is -4.91. The van der Waals surface area contributed by atoms with Crippen molar-refractivity contribution in [2.75, 3.05) is 6.54 Å². The van der Waals surface area contributed by atoms with E-state index in [1.165, 1.54) is 11.3 Å². The highest BCUT2D eigenvalue weighted by molar-refractivity contribution is 7.80. The lowest BCUT2D eigenvalue weighted by Crippen LogP contribution is -2.41. The van der Waals surface area contributed by atoms with E-state index in [0.717, 1.165) is 20.9 Å². The van der Waals surface area contributed by atoms with Crippen LogP contribution in [0.5, 0.6) is 0 Å². The zero-order chi connectivity index (χ0) is 19.5. The van der Waals surface area contributed by atoms with Gasteiger partial charge in [-0.05, 0) is 29.7 Å². The molecule has 0 aliphatic carbocycles. The van der Waals surface area contributed by atoms with Gasteiger partial charge >= 0.3 is 16.4 Å². The van der Waals surface area contributed by atoms with Gasteiger partial charge in [0.2, 0.25) is 5.91 Å². The van der Waals surface area contributed by atoms with Gasteiger partial charge < -0.3 is 10.6 Å². The van der Waals surface area contributed by atoms with Crippen molar-refractivity contribution in [3.8, 4) is 10.4 Å². The SMILES string of the molecule is Cc1ccccc1-c1cc2c(s1)C(C(N)=O)N1C[C@H]2N(OS(=O)(=O)O)C1=O. The van der Waals surface area contributed by atoms with Gasteiger partial charge in [-0.2, -0.15) is 13.5 Å². The molecule has 1 aromatic carbocycles. The van der Waals surface area contributed by atoms with Gasteiger partial charge in [-0.15, -0.1) is 15.6 Å². The molecule has 0 saturated carbocycles. The van der Waals surface area contributed by atoms with Crippen molar-refractivity contribution in [1.29, 1.82) is 0 Å². The lowest BCUT2D eigenvalue weighted by atomic mass is 9.97. The number of hydroxylamine groups is 2. The second-order valence-corrected chi connectivity index (χ2v) is 8.42. The number of rotatable bonds is 4. The zero-order valence-corrected chi connectivity index (χ0v) is 15.7. The number of carbonyl (C=O) groups is 2. The molecule has 2 aliphatic rings. The number of hydrogen-bond donors (Lipinski definition) is 2. The van der Waals surface area contributed by atoms with Crippen molar-refractivity contribution < 1.29 is 26.8 Å². The molecule has 2 aromatic rings. The topological polar surface area (TPSA) is 130 Å². The summed E-state index contributed by atoms with van der Waals surface area (Å²) in [6.07, 6.45) is 0. The third-order valence-corrected chi connectivity index (χ3v) is 6.24. The van der Waals surface area contributed by atoms with Crippen LogP contribution >= 0.6 is 11.3 Å². The number of nitrogens with two attached hydrogens (primary N) is 1. The number of fused-ring (bicyclic) bond motifs is 4. The van der Waals surface area contributed by atoms with E-state index in [4.69, 9.17) is 10.3 Å². The van der Waals surface area contributed by atoms with Crippen LogP contribution in [0.3, 0.4) is 0 Å². The molecule has 1 saturated heterocycles. The van der Waals surface area contributed by atoms with Crippen LogP contribution in [0.25, 0.3) is 10.4 Å². The Morgan fingerprint density at radius 2 is 2.07 bits per heavy atom. The quantitative estimate of drug-likeness (QED) is 0.740. The molecule has 9 nitrogen and oxygen atoms in total. The van der Waals surface area contributed by atoms with Crippen LogP contribution in [0.15, 0.2) is 30.3 Å². The van der Waals surface area contributed by atoms with E-state index in [0.29, 0.717) is 15.5 Å². The van der Waals surface area contributed by atoms with Gasteiger partial charge in [0.1, 0.15) is 12.1 Å². The highest BCUT2D eigenvalue weighted by Gasteiger charge is 2.52. The average molecular weight is 409 g/mol. The summed E-state index contributed by atoms with van der Waals surface area (Å²) >= 11 is 1.32. The second kappa shape index (κ2) is 6.02. The fourth-order valence-corrected chi connectivity index (χ4v) is 5.32. The molecule has 2 atom stereocenters. The monoisotopic (exact) mass is 409 g/mol. The maximum atomic E-state index is 12.5. The predicted molar refractivity (Wildman–Crippen MR) is 95.7 cm³/mol. The molecule has 4 rings (SSSR count). The van der Waals surface area contributed by atoms with Gasteiger partial charge in [0.05, 0.1) is 6.54 Å². The van der Waals surface area contributed by atoms with Gasteiger partial charge in [0.15, 0.2) is 0 Å². The van der Waals surface area contributed by atoms with Crippen LogP contribution in [-0.2, 0) is 19.5 Å². The minimum atomic E-state index is -4.91. The predicted octanol–water partition coefficient (Wildman–Crippen LogP) is 1.78. The molecular weight excluding hydrogens is 394 g/mol. The lowest BCUT2D eigenvalue weighted by molar-refractivity contribution is -0.122. The van der Waals surface area contributed by atoms with Crippen LogP contribution < -0.4 is 5.73 Å². The van der Waals surface area contributed by atoms with Gasteiger partial charge in [-0.1, -0.05) is 24.3 Å². The highest BCUT2D eigenvalue weighted by atomic mass is 32.3. The molecule has 3 amide bonds. The van der Waals surface area contributed by atoms with Crippen LogP contribution in [0, 0.1) is 6.92 Å². The minimum absolute atomic E-state index is 0.0267. The number of amides is 3. The Morgan fingerprint density at radius 3 is 2.70 bits per heavy atom. The van der Waals surface area contributed by atoms with Crippen LogP contribution in [0.2, 0.25) is 0 Å². The summed E-state index contributed by atoms with van der Waals surface area (Å²) in [4.78, 5) is 27.1. The van der Waals surface area contributed by atoms with Crippen molar-refractivity contribution in [2.45, 2.75) is 19.0 Å². The molecule has 11 heteroatoms. The second-order valence-electron chi connectivity index (χ2n) is 6.33. The Labute approximate surface area is 158 Å². The maximum Gasteiger partial charge on any atom is 0.418 e. The van der Waals surface area contributed by atoms with E-state index in [1.54, 1.807) is 6.07 Å². The molecular formula is C16H15N3O6S2. The van der Waals surface area contributed by atoms with E-state index in [2.05, 4.69) is 4.28 Å². The van der Waals surface area contributed by atoms with Crippen molar-refractivity contribution in [3.63, 3.8) is 0 Å². The smallest absolute Gasteiger partial charge is 0.368 e. The molecule has 3 heterocycles. The summed E-state index contributed by atoms with van der Waals surface area (Å²) in [5, 5.41) is 0.575. The molecule has 142 valence electrons. The lowest BCUT2D eigenvalue weighted by Gasteiger charge is -2.27. The number of urea groups is 1. The third kappa shape index (κ3) is 2.88. The van der Waals surface area contributed by atoms with Crippen molar-refractivity contribution in [2.24, 2.45) is 5.73 Å². The number of carbonyl (C=O) groups excluding carboxylic acids is 2.